The molecule has 86 valence electrons. The number of hydrogen-bond acceptors (Lipinski definition) is 5. The van der Waals surface area contributed by atoms with Gasteiger partial charge < -0.3 is 9.51 Å². The summed E-state index contributed by atoms with van der Waals surface area (Å²) in [5.41, 5.74) is 1.85. The van der Waals surface area contributed by atoms with E-state index in [2.05, 4.69) is 20.1 Å². The average molecular weight is 237 g/mol. The number of aromatic nitrogens is 4. The minimum absolute atomic E-state index is 0.343. The van der Waals surface area contributed by atoms with Crippen LogP contribution in [-0.4, -0.2) is 20.1 Å². The third-order valence-electron chi connectivity index (χ3n) is 2.38. The van der Waals surface area contributed by atoms with Gasteiger partial charge in [-0.2, -0.15) is 10.2 Å². The summed E-state index contributed by atoms with van der Waals surface area (Å²) in [4.78, 5) is 11.1. The Kier molecular flexibility index (Phi) is 2.35. The highest BCUT2D eigenvalue weighted by Crippen LogP contribution is 2.20. The zero-order chi connectivity index (χ0) is 12.4. The van der Waals surface area contributed by atoms with E-state index in [0.717, 1.165) is 5.56 Å². The van der Waals surface area contributed by atoms with Gasteiger partial charge in [0.15, 0.2) is 0 Å². The lowest BCUT2D eigenvalue weighted by molar-refractivity contribution is 0.431. The van der Waals surface area contributed by atoms with Crippen LogP contribution in [0.25, 0.3) is 23.0 Å². The van der Waals surface area contributed by atoms with E-state index >= 15 is 0 Å². The molecule has 0 saturated carbocycles. The SMILES string of the molecule is N#Cc1ccc(-c2nc(-c3cccnc3)no2)[nH]1. The zero-order valence-corrected chi connectivity index (χ0v) is 9.16. The van der Waals surface area contributed by atoms with Crippen LogP contribution in [0.1, 0.15) is 5.69 Å². The van der Waals surface area contributed by atoms with Crippen molar-refractivity contribution in [2.24, 2.45) is 0 Å². The quantitative estimate of drug-likeness (QED) is 0.735. The number of pyridine rings is 1. The van der Waals surface area contributed by atoms with Crippen molar-refractivity contribution in [3.63, 3.8) is 0 Å². The molecule has 0 radical (unpaired) electrons. The van der Waals surface area contributed by atoms with Crippen LogP contribution < -0.4 is 0 Å². The van der Waals surface area contributed by atoms with E-state index in [9.17, 15) is 0 Å². The molecule has 0 spiro atoms. The Hall–Kier alpha value is -2.94. The van der Waals surface area contributed by atoms with E-state index in [4.69, 9.17) is 9.78 Å². The molecule has 0 aliphatic carbocycles. The van der Waals surface area contributed by atoms with Crippen molar-refractivity contribution >= 4 is 0 Å². The van der Waals surface area contributed by atoms with Crippen LogP contribution in [0.2, 0.25) is 0 Å². The van der Waals surface area contributed by atoms with Crippen LogP contribution in [0.5, 0.6) is 0 Å². The van der Waals surface area contributed by atoms with E-state index in [-0.39, 0.29) is 0 Å². The van der Waals surface area contributed by atoms with Gasteiger partial charge in [0.2, 0.25) is 5.82 Å². The second-order valence-corrected chi connectivity index (χ2v) is 3.56. The summed E-state index contributed by atoms with van der Waals surface area (Å²) in [5.74, 6) is 0.807. The molecule has 0 bridgehead atoms. The Morgan fingerprint density at radius 3 is 2.94 bits per heavy atom. The fourth-order valence-electron chi connectivity index (χ4n) is 1.53. The normalized spacial score (nSPS) is 10.2. The second kappa shape index (κ2) is 4.14. The number of nitrogens with one attached hydrogen (secondary N) is 1. The van der Waals surface area contributed by atoms with Gasteiger partial charge in [0.25, 0.3) is 5.89 Å². The maximum absolute atomic E-state index is 8.72. The van der Waals surface area contributed by atoms with Crippen LogP contribution in [0.4, 0.5) is 0 Å². The minimum atomic E-state index is 0.343. The van der Waals surface area contributed by atoms with E-state index in [1.807, 2.05) is 12.1 Å². The molecule has 1 N–H and O–H groups in total. The number of rotatable bonds is 2. The second-order valence-electron chi connectivity index (χ2n) is 3.56. The molecule has 3 rings (SSSR count). The summed E-state index contributed by atoms with van der Waals surface area (Å²) >= 11 is 0. The maximum atomic E-state index is 8.72. The van der Waals surface area contributed by atoms with Crippen molar-refractivity contribution in [3.8, 4) is 29.0 Å². The minimum Gasteiger partial charge on any atom is -0.342 e. The zero-order valence-electron chi connectivity index (χ0n) is 9.16. The van der Waals surface area contributed by atoms with E-state index < -0.39 is 0 Å². The van der Waals surface area contributed by atoms with Gasteiger partial charge in [-0.15, -0.1) is 0 Å². The lowest BCUT2D eigenvalue weighted by atomic mass is 10.3. The molecule has 0 atom stereocenters. The lowest BCUT2D eigenvalue weighted by Crippen LogP contribution is -1.82. The Morgan fingerprint density at radius 1 is 1.28 bits per heavy atom. The van der Waals surface area contributed by atoms with Gasteiger partial charge in [0.05, 0.1) is 0 Å². The van der Waals surface area contributed by atoms with Crippen molar-refractivity contribution in [3.05, 3.63) is 42.4 Å². The first-order chi connectivity index (χ1) is 8.86. The van der Waals surface area contributed by atoms with Gasteiger partial charge in [-0.1, -0.05) is 5.16 Å². The first-order valence-electron chi connectivity index (χ1n) is 5.20. The van der Waals surface area contributed by atoms with E-state index in [1.54, 1.807) is 30.6 Å². The van der Waals surface area contributed by atoms with Crippen molar-refractivity contribution in [1.29, 1.82) is 5.26 Å². The molecular formula is C12H7N5O. The molecule has 18 heavy (non-hydrogen) atoms. The summed E-state index contributed by atoms with van der Waals surface area (Å²) in [6.07, 6.45) is 3.33. The Bertz CT molecular complexity index is 707. The molecule has 0 aliphatic rings. The summed E-state index contributed by atoms with van der Waals surface area (Å²) < 4.78 is 5.13. The molecule has 6 nitrogen and oxygen atoms in total. The molecule has 0 amide bonds. The fraction of sp³-hybridized carbons (Fsp3) is 0. The number of aromatic amines is 1. The lowest BCUT2D eigenvalue weighted by Gasteiger charge is -1.89. The fourth-order valence-corrected chi connectivity index (χ4v) is 1.53. The van der Waals surface area contributed by atoms with E-state index in [1.165, 1.54) is 0 Å². The number of nitrogens with zero attached hydrogens (tertiary/aromatic N) is 4. The molecule has 3 aromatic rings. The molecule has 0 fully saturated rings. The van der Waals surface area contributed by atoms with Crippen LogP contribution in [-0.2, 0) is 0 Å². The predicted molar refractivity (Wildman–Crippen MR) is 62.0 cm³/mol. The smallest absolute Gasteiger partial charge is 0.274 e. The molecular weight excluding hydrogens is 230 g/mol. The molecule has 0 aliphatic heterocycles. The first-order valence-corrected chi connectivity index (χ1v) is 5.20. The standard InChI is InChI=1S/C12H7N5O/c13-6-9-3-4-10(15-9)12-16-11(17-18-12)8-2-1-5-14-7-8/h1-5,7,15H. The van der Waals surface area contributed by atoms with Crippen molar-refractivity contribution < 1.29 is 4.52 Å². The van der Waals surface area contributed by atoms with Gasteiger partial charge in [-0.3, -0.25) is 4.98 Å². The van der Waals surface area contributed by atoms with Crippen LogP contribution >= 0.6 is 0 Å². The van der Waals surface area contributed by atoms with Crippen LogP contribution in [0.15, 0.2) is 41.2 Å². The monoisotopic (exact) mass is 237 g/mol. The number of nitriles is 1. The topological polar surface area (TPSA) is 91.4 Å². The molecule has 6 heteroatoms. The number of hydrogen-bond donors (Lipinski definition) is 1. The van der Waals surface area contributed by atoms with Gasteiger partial charge in [-0.25, -0.2) is 0 Å². The predicted octanol–water partition coefficient (Wildman–Crippen LogP) is 2.00. The Morgan fingerprint density at radius 2 is 2.22 bits per heavy atom. The highest BCUT2D eigenvalue weighted by Gasteiger charge is 2.11. The highest BCUT2D eigenvalue weighted by molar-refractivity contribution is 5.57. The molecule has 0 saturated heterocycles. The number of H-pyrrole nitrogens is 1. The van der Waals surface area contributed by atoms with Crippen molar-refractivity contribution in [2.45, 2.75) is 0 Å². The first kappa shape index (κ1) is 10.2. The van der Waals surface area contributed by atoms with Crippen LogP contribution in [0, 0.1) is 11.3 Å². The van der Waals surface area contributed by atoms with Gasteiger partial charge in [-0.05, 0) is 24.3 Å². The Balaban J connectivity index is 1.97. The molecule has 3 heterocycles. The van der Waals surface area contributed by atoms with Crippen molar-refractivity contribution in [1.82, 2.24) is 20.1 Å². The molecule has 0 aromatic carbocycles. The summed E-state index contributed by atoms with van der Waals surface area (Å²) in [6, 6.07) is 9.02. The summed E-state index contributed by atoms with van der Waals surface area (Å²) in [6.45, 7) is 0. The van der Waals surface area contributed by atoms with Crippen LogP contribution in [0.3, 0.4) is 0 Å². The van der Waals surface area contributed by atoms with Crippen molar-refractivity contribution in [2.75, 3.05) is 0 Å². The van der Waals surface area contributed by atoms with Gasteiger partial charge in [0, 0.05) is 18.0 Å². The molecule has 0 unspecified atom stereocenters. The maximum Gasteiger partial charge on any atom is 0.274 e. The van der Waals surface area contributed by atoms with Gasteiger partial charge in [0.1, 0.15) is 17.5 Å². The largest absolute Gasteiger partial charge is 0.342 e. The van der Waals surface area contributed by atoms with Gasteiger partial charge >= 0.3 is 0 Å². The Labute approximate surface area is 102 Å². The third kappa shape index (κ3) is 1.74. The average Bonchev–Trinajstić information content (AvgIpc) is 3.08. The third-order valence-corrected chi connectivity index (χ3v) is 2.38. The summed E-state index contributed by atoms with van der Waals surface area (Å²) in [5, 5.41) is 12.6. The highest BCUT2D eigenvalue weighted by atomic mass is 16.5. The molecule has 3 aromatic heterocycles. The summed E-state index contributed by atoms with van der Waals surface area (Å²) in [7, 11) is 0. The van der Waals surface area contributed by atoms with E-state index in [0.29, 0.717) is 23.1 Å².